The summed E-state index contributed by atoms with van der Waals surface area (Å²) in [4.78, 5) is 70.0. The Hall–Kier alpha value is -6.49. The first-order valence-electron chi connectivity index (χ1n) is 23.8. The highest BCUT2D eigenvalue weighted by Crippen LogP contribution is 2.53. The van der Waals surface area contributed by atoms with Gasteiger partial charge in [0, 0.05) is 61.6 Å². The van der Waals surface area contributed by atoms with Crippen LogP contribution in [0.15, 0.2) is 66.7 Å². The first-order chi connectivity index (χ1) is 34.7. The maximum atomic E-state index is 14.2. The predicted octanol–water partition coefficient (Wildman–Crippen LogP) is 3.71. The van der Waals surface area contributed by atoms with Gasteiger partial charge < -0.3 is 68.6 Å². The fourth-order valence-corrected chi connectivity index (χ4v) is 11.0. The molecule has 3 fully saturated rings. The molecule has 20 nitrogen and oxygen atoms in total. The number of alkyl carbamates (subject to hydrolysis) is 1. The maximum absolute atomic E-state index is 14.2. The van der Waals surface area contributed by atoms with E-state index in [0.29, 0.717) is 13.2 Å². The summed E-state index contributed by atoms with van der Waals surface area (Å²) in [6.45, 7) is 3.30. The summed E-state index contributed by atoms with van der Waals surface area (Å²) in [5.41, 5.74) is 0.337. The Bertz CT molecular complexity index is 2780. The van der Waals surface area contributed by atoms with Gasteiger partial charge in [0.25, 0.3) is 0 Å². The standard InChI is InChI=1S/C52H55N3O17/c1-25(54-51(62)69-23-33-29-12-7-5-10-27(29)28-11-6-8-13-30(28)33)47(60)53-24-66-18-19-68-50(61)52(63)21-32-39(45(59)41-40(43(32)57)42(56)31-14-9-15-35(64-3)38(31)44(41)58)36(22-52)71-37-20-34-46(26(2)70-37)72-48-49(65-4)67-17-16-55(34)48/h5-15,25-26,33-34,36-37,46,48-49,57,59,63H,16-24H2,1-4H3,(H,53,60)(H,54,62)/t25-,26-,34-,36-,37-,46+,48+,49-,52-/m0/s1. The molecule has 3 aliphatic carbocycles. The van der Waals surface area contributed by atoms with E-state index in [1.54, 1.807) is 0 Å². The van der Waals surface area contributed by atoms with Gasteiger partial charge in [-0.15, -0.1) is 0 Å². The van der Waals surface area contributed by atoms with E-state index in [2.05, 4.69) is 15.5 Å². The highest BCUT2D eigenvalue weighted by molar-refractivity contribution is 6.31. The van der Waals surface area contributed by atoms with Gasteiger partial charge >= 0.3 is 12.1 Å². The molecule has 72 heavy (non-hydrogen) atoms. The number of nitrogens with one attached hydrogen (secondary N) is 2. The number of ketones is 2. The van der Waals surface area contributed by atoms with Gasteiger partial charge in [0.15, 0.2) is 30.2 Å². The zero-order chi connectivity index (χ0) is 50.6. The van der Waals surface area contributed by atoms with Crippen LogP contribution in [-0.4, -0.2) is 152 Å². The summed E-state index contributed by atoms with van der Waals surface area (Å²) in [7, 11) is 2.86. The Morgan fingerprint density at radius 3 is 2.31 bits per heavy atom. The second-order valence-corrected chi connectivity index (χ2v) is 18.6. The van der Waals surface area contributed by atoms with Crippen LogP contribution < -0.4 is 15.4 Å². The Balaban J connectivity index is 0.791. The van der Waals surface area contributed by atoms with E-state index in [0.717, 1.165) is 22.3 Å². The Morgan fingerprint density at radius 2 is 1.58 bits per heavy atom. The lowest BCUT2D eigenvalue weighted by molar-refractivity contribution is -0.256. The molecule has 10 rings (SSSR count). The Kier molecular flexibility index (Phi) is 13.5. The molecule has 3 heterocycles. The van der Waals surface area contributed by atoms with Crippen molar-refractivity contribution in [1.29, 1.82) is 0 Å². The number of carbonyl (C=O) groups is 5. The molecule has 5 N–H and O–H groups in total. The molecule has 20 heteroatoms. The van der Waals surface area contributed by atoms with Crippen LogP contribution in [0.5, 0.6) is 17.2 Å². The summed E-state index contributed by atoms with van der Waals surface area (Å²) >= 11 is 0. The maximum Gasteiger partial charge on any atom is 0.407 e. The molecule has 0 unspecified atom stereocenters. The van der Waals surface area contributed by atoms with E-state index < -0.39 is 120 Å². The lowest BCUT2D eigenvalue weighted by Gasteiger charge is -2.43. The number of hydrogen-bond donors (Lipinski definition) is 5. The van der Waals surface area contributed by atoms with E-state index in [4.69, 9.17) is 42.6 Å². The lowest BCUT2D eigenvalue weighted by atomic mass is 9.73. The third kappa shape index (κ3) is 8.64. The number of ether oxygens (including phenoxy) is 9. The van der Waals surface area contributed by atoms with E-state index in [-0.39, 0.29) is 66.3 Å². The average Bonchev–Trinajstić information content (AvgIpc) is 3.92. The molecule has 2 amide bonds. The summed E-state index contributed by atoms with van der Waals surface area (Å²) in [6.07, 6.45) is -6.27. The van der Waals surface area contributed by atoms with Gasteiger partial charge in [0.05, 0.1) is 49.2 Å². The van der Waals surface area contributed by atoms with Gasteiger partial charge in [0.2, 0.25) is 11.7 Å². The molecular weight excluding hydrogens is 939 g/mol. The Morgan fingerprint density at radius 1 is 0.875 bits per heavy atom. The molecule has 0 spiro atoms. The fraction of sp³-hybridized carbons (Fsp3) is 0.442. The number of esters is 1. The number of phenols is 2. The third-order valence-corrected chi connectivity index (χ3v) is 14.4. The number of aromatic hydroxyl groups is 2. The summed E-state index contributed by atoms with van der Waals surface area (Å²) in [5.74, 6) is -4.78. The van der Waals surface area contributed by atoms with Crippen molar-refractivity contribution in [2.45, 2.75) is 93.8 Å². The number of fused-ring (bicyclic) bond motifs is 9. The van der Waals surface area contributed by atoms with Crippen LogP contribution >= 0.6 is 0 Å². The Labute approximate surface area is 413 Å². The number of amides is 2. The van der Waals surface area contributed by atoms with Gasteiger partial charge in [-0.25, -0.2) is 9.59 Å². The molecule has 6 aliphatic rings. The van der Waals surface area contributed by atoms with Crippen molar-refractivity contribution in [2.75, 3.05) is 53.9 Å². The molecule has 380 valence electrons. The molecule has 9 atom stereocenters. The molecule has 0 bridgehead atoms. The molecule has 3 aliphatic heterocycles. The first kappa shape index (κ1) is 49.1. The van der Waals surface area contributed by atoms with Crippen LogP contribution in [0.25, 0.3) is 11.1 Å². The zero-order valence-electron chi connectivity index (χ0n) is 39.9. The molecular formula is C52H55N3O17. The highest BCUT2D eigenvalue weighted by Gasteiger charge is 2.55. The van der Waals surface area contributed by atoms with Crippen molar-refractivity contribution in [3.63, 3.8) is 0 Å². The molecule has 4 aromatic rings. The van der Waals surface area contributed by atoms with Crippen LogP contribution in [0.4, 0.5) is 4.79 Å². The number of aliphatic hydroxyl groups is 1. The van der Waals surface area contributed by atoms with Gasteiger partial charge in [-0.1, -0.05) is 60.7 Å². The minimum atomic E-state index is -2.42. The van der Waals surface area contributed by atoms with Crippen molar-refractivity contribution in [1.82, 2.24) is 15.5 Å². The average molecular weight is 994 g/mol. The van der Waals surface area contributed by atoms with Crippen molar-refractivity contribution < 1.29 is 81.9 Å². The number of carbonyl (C=O) groups excluding carboxylic acids is 5. The van der Waals surface area contributed by atoms with Crippen molar-refractivity contribution in [3.05, 3.63) is 111 Å². The highest BCUT2D eigenvalue weighted by atomic mass is 16.7. The second-order valence-electron chi connectivity index (χ2n) is 18.6. The molecule has 0 saturated carbocycles. The third-order valence-electron chi connectivity index (χ3n) is 14.4. The SMILES string of the molecule is COc1cccc2c1C(=O)c1c(O)c3c(c(O)c1C2=O)C[C@@](O)(C(=O)OCCOCNC(=O)[C@H](C)NC(=O)OCC1c2ccccc2-c2ccccc21)C[C@@H]3O[C@H]1C[C@H]2[C@H](O[C@@H]3[C@@H](OC)OCCN32)[C@H](C)O1. The fourth-order valence-electron chi connectivity index (χ4n) is 11.0. The number of nitrogens with zero attached hydrogens (tertiary/aromatic N) is 1. The van der Waals surface area contributed by atoms with Crippen LogP contribution in [0.3, 0.4) is 0 Å². The van der Waals surface area contributed by atoms with Gasteiger partial charge in [-0.2, -0.15) is 0 Å². The number of rotatable bonds is 14. The van der Waals surface area contributed by atoms with Crippen LogP contribution in [0.2, 0.25) is 0 Å². The normalized spacial score (nSPS) is 26.4. The van der Waals surface area contributed by atoms with E-state index in [1.807, 2.05) is 55.5 Å². The smallest absolute Gasteiger partial charge is 0.407 e. The second kappa shape index (κ2) is 19.8. The van der Waals surface area contributed by atoms with Crippen molar-refractivity contribution in [2.24, 2.45) is 0 Å². The van der Waals surface area contributed by atoms with Gasteiger partial charge in [0.1, 0.15) is 49.3 Å². The number of methoxy groups -OCH3 is 2. The first-order valence-corrected chi connectivity index (χ1v) is 23.8. The number of phenolic OH excluding ortho intramolecular Hbond substituents is 2. The van der Waals surface area contributed by atoms with Crippen LogP contribution in [0.1, 0.15) is 92.8 Å². The number of hydrogen-bond acceptors (Lipinski definition) is 18. The monoisotopic (exact) mass is 993 g/mol. The minimum Gasteiger partial charge on any atom is -0.507 e. The lowest BCUT2D eigenvalue weighted by Crippen LogP contribution is -2.55. The summed E-state index contributed by atoms with van der Waals surface area (Å²) in [6, 6.07) is 19.0. The number of benzene rings is 4. The molecule has 0 radical (unpaired) electrons. The molecule has 4 aromatic carbocycles. The van der Waals surface area contributed by atoms with Crippen LogP contribution in [0, 0.1) is 0 Å². The van der Waals surface area contributed by atoms with Crippen molar-refractivity contribution >= 4 is 29.5 Å². The minimum absolute atomic E-state index is 0.0687. The zero-order valence-corrected chi connectivity index (χ0v) is 39.9. The number of morpholine rings is 1. The van der Waals surface area contributed by atoms with Gasteiger partial charge in [-0.05, 0) is 42.2 Å². The predicted molar refractivity (Wildman–Crippen MR) is 249 cm³/mol. The van der Waals surface area contributed by atoms with E-state index >= 15 is 0 Å². The molecule has 3 saturated heterocycles. The van der Waals surface area contributed by atoms with E-state index in [1.165, 1.54) is 39.3 Å². The quantitative estimate of drug-likeness (QED) is 0.0460. The van der Waals surface area contributed by atoms with E-state index in [9.17, 15) is 39.3 Å². The topological polar surface area (TPSA) is 256 Å². The largest absolute Gasteiger partial charge is 0.507 e. The van der Waals surface area contributed by atoms with Crippen LogP contribution in [-0.2, 0) is 53.9 Å². The summed E-state index contributed by atoms with van der Waals surface area (Å²) in [5, 5.41) is 41.3. The van der Waals surface area contributed by atoms with Crippen molar-refractivity contribution in [3.8, 4) is 28.4 Å². The van der Waals surface area contributed by atoms with Gasteiger partial charge in [-0.3, -0.25) is 19.3 Å². The summed E-state index contributed by atoms with van der Waals surface area (Å²) < 4.78 is 52.5. The molecule has 0 aromatic heterocycles.